The molecule has 9 heteroatoms. The van der Waals surface area contributed by atoms with Gasteiger partial charge in [-0.05, 0) is 42.0 Å². The first-order valence-electron chi connectivity index (χ1n) is 9.30. The van der Waals surface area contributed by atoms with Crippen LogP contribution in [0, 0.1) is 0 Å². The third kappa shape index (κ3) is 3.51. The van der Waals surface area contributed by atoms with Gasteiger partial charge < -0.3 is 14.4 Å². The van der Waals surface area contributed by atoms with Gasteiger partial charge in [0.2, 0.25) is 12.7 Å². The minimum Gasteiger partial charge on any atom is -0.454 e. The van der Waals surface area contributed by atoms with Gasteiger partial charge in [-0.1, -0.05) is 22.0 Å². The second kappa shape index (κ2) is 7.00. The highest BCUT2D eigenvalue weighted by Gasteiger charge is 2.49. The molecule has 0 N–H and O–H groups in total. The first-order valence-corrected chi connectivity index (χ1v) is 11.9. The molecule has 0 aliphatic carbocycles. The molecule has 29 heavy (non-hydrogen) atoms. The van der Waals surface area contributed by atoms with Gasteiger partial charge in [-0.25, -0.2) is 8.42 Å². The van der Waals surface area contributed by atoms with E-state index in [4.69, 9.17) is 9.47 Å². The number of benzene rings is 2. The van der Waals surface area contributed by atoms with Crippen molar-refractivity contribution in [1.29, 1.82) is 0 Å². The molecule has 2 saturated heterocycles. The molecule has 2 aromatic rings. The van der Waals surface area contributed by atoms with Gasteiger partial charge in [0, 0.05) is 22.7 Å². The maximum atomic E-state index is 13.1. The summed E-state index contributed by atoms with van der Waals surface area (Å²) in [4.78, 5) is 16.7. The van der Waals surface area contributed by atoms with Crippen molar-refractivity contribution in [3.05, 3.63) is 52.5 Å². The number of sulfone groups is 1. The first-order chi connectivity index (χ1) is 13.9. The monoisotopic (exact) mass is 478 g/mol. The molecule has 0 radical (unpaired) electrons. The van der Waals surface area contributed by atoms with Crippen LogP contribution in [0.3, 0.4) is 0 Å². The van der Waals surface area contributed by atoms with Crippen molar-refractivity contribution >= 4 is 37.4 Å². The predicted octanol–water partition coefficient (Wildman–Crippen LogP) is 2.19. The summed E-state index contributed by atoms with van der Waals surface area (Å²) in [6, 6.07) is 12.4. The van der Waals surface area contributed by atoms with Gasteiger partial charge in [0.1, 0.15) is 0 Å². The number of piperazine rings is 1. The number of anilines is 1. The molecular weight excluding hydrogens is 460 g/mol. The van der Waals surface area contributed by atoms with E-state index in [1.54, 1.807) is 4.90 Å². The molecule has 3 heterocycles. The maximum absolute atomic E-state index is 13.1. The molecule has 1 amide bonds. The van der Waals surface area contributed by atoms with Gasteiger partial charge in [-0.15, -0.1) is 0 Å². The van der Waals surface area contributed by atoms with Gasteiger partial charge >= 0.3 is 0 Å². The Labute approximate surface area is 177 Å². The Bertz CT molecular complexity index is 1070. The van der Waals surface area contributed by atoms with Crippen LogP contribution in [0.4, 0.5) is 5.69 Å². The molecule has 7 nitrogen and oxygen atoms in total. The lowest BCUT2D eigenvalue weighted by atomic mass is 10.0. The molecule has 0 bridgehead atoms. The van der Waals surface area contributed by atoms with E-state index in [1.807, 2.05) is 47.4 Å². The van der Waals surface area contributed by atoms with Gasteiger partial charge in [0.05, 0.1) is 24.1 Å². The standard InChI is InChI=1S/C20H19BrN2O5S/c21-14-2-4-15(5-3-14)23-17-11-29(25,26)10-16(17)22(9-20(23)24)8-13-1-6-18-19(7-13)28-12-27-18/h1-7,16-17H,8-12H2/t16-,17-/m1/s1. The summed E-state index contributed by atoms with van der Waals surface area (Å²) >= 11 is 3.40. The fourth-order valence-corrected chi connectivity index (χ4v) is 6.59. The van der Waals surface area contributed by atoms with Crippen molar-refractivity contribution < 1.29 is 22.7 Å². The highest BCUT2D eigenvalue weighted by atomic mass is 79.9. The highest BCUT2D eigenvalue weighted by molar-refractivity contribution is 9.10. The third-order valence-electron chi connectivity index (χ3n) is 5.63. The normalized spacial score (nSPS) is 25.3. The molecule has 2 aromatic carbocycles. The zero-order valence-corrected chi connectivity index (χ0v) is 17.9. The summed E-state index contributed by atoms with van der Waals surface area (Å²) in [5.41, 5.74) is 1.69. The Morgan fingerprint density at radius 3 is 2.52 bits per heavy atom. The van der Waals surface area contributed by atoms with Crippen molar-refractivity contribution in [1.82, 2.24) is 4.90 Å². The van der Waals surface area contributed by atoms with Crippen LogP contribution in [0.2, 0.25) is 0 Å². The van der Waals surface area contributed by atoms with Crippen molar-refractivity contribution in [2.24, 2.45) is 0 Å². The molecule has 3 aliphatic rings. The number of ether oxygens (including phenoxy) is 2. The van der Waals surface area contributed by atoms with Crippen LogP contribution in [0.15, 0.2) is 46.9 Å². The summed E-state index contributed by atoms with van der Waals surface area (Å²) in [7, 11) is -3.23. The number of hydrogen-bond acceptors (Lipinski definition) is 6. The number of rotatable bonds is 3. The Morgan fingerprint density at radius 1 is 1.00 bits per heavy atom. The molecule has 0 unspecified atom stereocenters. The van der Waals surface area contributed by atoms with Crippen molar-refractivity contribution in [2.45, 2.75) is 18.6 Å². The van der Waals surface area contributed by atoms with Crippen molar-refractivity contribution in [3.63, 3.8) is 0 Å². The second-order valence-corrected chi connectivity index (χ2v) is 10.6. The maximum Gasteiger partial charge on any atom is 0.241 e. The number of hydrogen-bond donors (Lipinski definition) is 0. The first kappa shape index (κ1) is 18.9. The average molecular weight is 479 g/mol. The second-order valence-electron chi connectivity index (χ2n) is 7.54. The Morgan fingerprint density at radius 2 is 1.72 bits per heavy atom. The largest absolute Gasteiger partial charge is 0.454 e. The van der Waals surface area contributed by atoms with Crippen LogP contribution in [0.5, 0.6) is 11.5 Å². The van der Waals surface area contributed by atoms with Gasteiger partial charge in [0.25, 0.3) is 0 Å². The lowest BCUT2D eigenvalue weighted by molar-refractivity contribution is -0.123. The fraction of sp³-hybridized carbons (Fsp3) is 0.350. The summed E-state index contributed by atoms with van der Waals surface area (Å²) in [6.45, 7) is 0.848. The van der Waals surface area contributed by atoms with E-state index in [0.717, 1.165) is 15.7 Å². The molecule has 5 rings (SSSR count). The van der Waals surface area contributed by atoms with E-state index in [-0.39, 0.29) is 36.8 Å². The van der Waals surface area contributed by atoms with E-state index in [2.05, 4.69) is 15.9 Å². The van der Waals surface area contributed by atoms with E-state index in [9.17, 15) is 13.2 Å². The Hall–Kier alpha value is -2.10. The third-order valence-corrected chi connectivity index (χ3v) is 7.86. The van der Waals surface area contributed by atoms with Gasteiger partial charge in [0.15, 0.2) is 21.3 Å². The Balaban J connectivity index is 1.45. The summed E-state index contributed by atoms with van der Waals surface area (Å²) in [6.07, 6.45) is 0. The fourth-order valence-electron chi connectivity index (χ4n) is 4.34. The zero-order valence-electron chi connectivity index (χ0n) is 15.5. The molecule has 3 aliphatic heterocycles. The number of halogens is 1. The van der Waals surface area contributed by atoms with Crippen LogP contribution < -0.4 is 14.4 Å². The van der Waals surface area contributed by atoms with Crippen LogP contribution >= 0.6 is 15.9 Å². The van der Waals surface area contributed by atoms with Crippen molar-refractivity contribution in [2.75, 3.05) is 29.7 Å². The number of carbonyl (C=O) groups excluding carboxylic acids is 1. The average Bonchev–Trinajstić information content (AvgIpc) is 3.26. The lowest BCUT2D eigenvalue weighted by Crippen LogP contribution is -2.61. The number of fused-ring (bicyclic) bond motifs is 2. The molecular formula is C20H19BrN2O5S. The van der Waals surface area contributed by atoms with Gasteiger partial charge in [-0.2, -0.15) is 0 Å². The lowest BCUT2D eigenvalue weighted by Gasteiger charge is -2.43. The summed E-state index contributed by atoms with van der Waals surface area (Å²) in [5.74, 6) is 1.33. The quantitative estimate of drug-likeness (QED) is 0.672. The molecule has 2 fully saturated rings. The summed E-state index contributed by atoms with van der Waals surface area (Å²) < 4.78 is 36.6. The van der Waals surface area contributed by atoms with E-state index >= 15 is 0 Å². The molecule has 0 spiro atoms. The Kier molecular flexibility index (Phi) is 4.56. The molecule has 0 saturated carbocycles. The molecule has 0 aromatic heterocycles. The molecule has 2 atom stereocenters. The van der Waals surface area contributed by atoms with Crippen LogP contribution in [0.25, 0.3) is 0 Å². The summed E-state index contributed by atoms with van der Waals surface area (Å²) in [5, 5.41) is 0. The van der Waals surface area contributed by atoms with Crippen LogP contribution in [-0.4, -0.2) is 56.2 Å². The predicted molar refractivity (Wildman–Crippen MR) is 111 cm³/mol. The number of nitrogens with zero attached hydrogens (tertiary/aromatic N) is 2. The van der Waals surface area contributed by atoms with Crippen LogP contribution in [-0.2, 0) is 21.2 Å². The minimum atomic E-state index is -3.23. The van der Waals surface area contributed by atoms with Gasteiger partial charge in [-0.3, -0.25) is 9.69 Å². The number of amides is 1. The topological polar surface area (TPSA) is 76.1 Å². The minimum absolute atomic E-state index is 0.0168. The SMILES string of the molecule is O=C1CN(Cc2ccc3c(c2)OCO3)[C@@H]2CS(=O)(=O)C[C@H]2N1c1ccc(Br)cc1. The van der Waals surface area contributed by atoms with E-state index in [0.29, 0.717) is 18.0 Å². The highest BCUT2D eigenvalue weighted by Crippen LogP contribution is 2.35. The molecule has 152 valence electrons. The van der Waals surface area contributed by atoms with E-state index in [1.165, 1.54) is 0 Å². The smallest absolute Gasteiger partial charge is 0.241 e. The number of carbonyl (C=O) groups is 1. The van der Waals surface area contributed by atoms with Crippen LogP contribution in [0.1, 0.15) is 5.56 Å². The van der Waals surface area contributed by atoms with E-state index < -0.39 is 15.9 Å². The zero-order chi connectivity index (χ0) is 20.2. The van der Waals surface area contributed by atoms with Crippen molar-refractivity contribution in [3.8, 4) is 11.5 Å².